The van der Waals surface area contributed by atoms with Crippen LogP contribution >= 0.6 is 0 Å². The maximum atomic E-state index is 12.6. The van der Waals surface area contributed by atoms with Gasteiger partial charge in [0.2, 0.25) is 0 Å². The Bertz CT molecular complexity index is 1040. The summed E-state index contributed by atoms with van der Waals surface area (Å²) in [6.45, 7) is 1.62. The summed E-state index contributed by atoms with van der Waals surface area (Å²) in [6, 6.07) is 12.9. The molecule has 2 aromatic carbocycles. The SMILES string of the molecule is COC(=O)c1cc(OC(=O)c2nn(-c3ccccc3)nc2C)cc(C(=O)OC)c1. The predicted octanol–water partition coefficient (Wildman–Crippen LogP) is 2.37. The topological polar surface area (TPSA) is 110 Å². The van der Waals surface area contributed by atoms with Crippen molar-refractivity contribution < 1.29 is 28.6 Å². The number of rotatable bonds is 5. The lowest BCUT2D eigenvalue weighted by Gasteiger charge is -2.08. The Labute approximate surface area is 165 Å². The highest BCUT2D eigenvalue weighted by atomic mass is 16.5. The smallest absolute Gasteiger partial charge is 0.366 e. The largest absolute Gasteiger partial charge is 0.465 e. The van der Waals surface area contributed by atoms with Gasteiger partial charge in [-0.2, -0.15) is 9.90 Å². The lowest BCUT2D eigenvalue weighted by atomic mass is 10.1. The molecule has 0 N–H and O–H groups in total. The molecule has 9 nitrogen and oxygen atoms in total. The minimum Gasteiger partial charge on any atom is -0.465 e. The fraction of sp³-hybridized carbons (Fsp3) is 0.150. The van der Waals surface area contributed by atoms with Crippen molar-refractivity contribution in [3.05, 3.63) is 71.0 Å². The van der Waals surface area contributed by atoms with Crippen molar-refractivity contribution in [1.29, 1.82) is 0 Å². The molecule has 148 valence electrons. The first-order chi connectivity index (χ1) is 13.9. The van der Waals surface area contributed by atoms with E-state index < -0.39 is 17.9 Å². The monoisotopic (exact) mass is 395 g/mol. The van der Waals surface area contributed by atoms with E-state index >= 15 is 0 Å². The minimum absolute atomic E-state index is 0.00283. The maximum absolute atomic E-state index is 12.6. The van der Waals surface area contributed by atoms with Crippen LogP contribution in [-0.2, 0) is 9.47 Å². The van der Waals surface area contributed by atoms with Crippen LogP contribution in [0.2, 0.25) is 0 Å². The number of methoxy groups -OCH3 is 2. The van der Waals surface area contributed by atoms with Gasteiger partial charge >= 0.3 is 17.9 Å². The van der Waals surface area contributed by atoms with E-state index in [9.17, 15) is 14.4 Å². The molecule has 0 aliphatic rings. The van der Waals surface area contributed by atoms with E-state index in [1.807, 2.05) is 18.2 Å². The molecular weight excluding hydrogens is 378 g/mol. The highest BCUT2D eigenvalue weighted by Gasteiger charge is 2.21. The number of ether oxygens (including phenoxy) is 3. The predicted molar refractivity (Wildman–Crippen MR) is 100 cm³/mol. The number of aromatic nitrogens is 3. The molecule has 0 atom stereocenters. The Balaban J connectivity index is 1.91. The molecular formula is C20H17N3O6. The highest BCUT2D eigenvalue weighted by molar-refractivity contribution is 5.97. The second-order valence-corrected chi connectivity index (χ2v) is 5.88. The number of nitrogens with zero attached hydrogens (tertiary/aromatic N) is 3. The first kappa shape index (κ1) is 19.7. The van der Waals surface area contributed by atoms with E-state index in [-0.39, 0.29) is 22.6 Å². The van der Waals surface area contributed by atoms with Crippen molar-refractivity contribution in [3.63, 3.8) is 0 Å². The average Bonchev–Trinajstić information content (AvgIpc) is 3.14. The van der Waals surface area contributed by atoms with Crippen LogP contribution in [-0.4, -0.2) is 47.1 Å². The molecule has 1 heterocycles. The van der Waals surface area contributed by atoms with Gasteiger partial charge in [0.1, 0.15) is 5.75 Å². The van der Waals surface area contributed by atoms with Crippen LogP contribution in [0.25, 0.3) is 5.69 Å². The summed E-state index contributed by atoms with van der Waals surface area (Å²) >= 11 is 0. The Kier molecular flexibility index (Phi) is 5.68. The number of hydrogen-bond donors (Lipinski definition) is 0. The molecule has 1 aromatic heterocycles. The Morgan fingerprint density at radius 2 is 1.41 bits per heavy atom. The lowest BCUT2D eigenvalue weighted by molar-refractivity contribution is 0.0593. The van der Waals surface area contributed by atoms with Crippen LogP contribution in [0.1, 0.15) is 36.9 Å². The van der Waals surface area contributed by atoms with E-state index in [4.69, 9.17) is 4.74 Å². The standard InChI is InChI=1S/C20H17N3O6/c1-12-17(22-23(21-12)15-7-5-4-6-8-15)20(26)29-16-10-13(18(24)27-2)9-14(11-16)19(25)28-3/h4-11H,1-3H3. The molecule has 0 saturated heterocycles. The maximum Gasteiger partial charge on any atom is 0.366 e. The van der Waals surface area contributed by atoms with Gasteiger partial charge in [0.15, 0.2) is 5.69 Å². The summed E-state index contributed by atoms with van der Waals surface area (Å²) in [5.74, 6) is -2.21. The van der Waals surface area contributed by atoms with Crippen LogP contribution in [0.5, 0.6) is 5.75 Å². The van der Waals surface area contributed by atoms with Gasteiger partial charge in [-0.3, -0.25) is 0 Å². The number of carbonyl (C=O) groups is 3. The van der Waals surface area contributed by atoms with Crippen LogP contribution < -0.4 is 4.74 Å². The summed E-state index contributed by atoms with van der Waals surface area (Å²) < 4.78 is 14.7. The van der Waals surface area contributed by atoms with E-state index in [0.717, 1.165) is 0 Å². The van der Waals surface area contributed by atoms with Gasteiger partial charge in [-0.1, -0.05) is 18.2 Å². The zero-order valence-corrected chi connectivity index (χ0v) is 15.9. The molecule has 0 aliphatic heterocycles. The molecule has 29 heavy (non-hydrogen) atoms. The second-order valence-electron chi connectivity index (χ2n) is 5.88. The van der Waals surface area contributed by atoms with Gasteiger partial charge in [-0.25, -0.2) is 14.4 Å². The van der Waals surface area contributed by atoms with Gasteiger partial charge in [0.05, 0.1) is 36.7 Å². The first-order valence-corrected chi connectivity index (χ1v) is 8.46. The van der Waals surface area contributed by atoms with Crippen LogP contribution in [0.3, 0.4) is 0 Å². The molecule has 3 rings (SSSR count). The molecule has 0 spiro atoms. The van der Waals surface area contributed by atoms with E-state index in [1.165, 1.54) is 37.2 Å². The molecule has 0 radical (unpaired) electrons. The molecule has 0 aliphatic carbocycles. The number of hydrogen-bond acceptors (Lipinski definition) is 8. The summed E-state index contributed by atoms with van der Waals surface area (Å²) in [5.41, 5.74) is 1.09. The Morgan fingerprint density at radius 3 is 1.97 bits per heavy atom. The van der Waals surface area contributed by atoms with E-state index in [1.54, 1.807) is 19.1 Å². The van der Waals surface area contributed by atoms with E-state index in [2.05, 4.69) is 19.7 Å². The van der Waals surface area contributed by atoms with Crippen molar-refractivity contribution in [1.82, 2.24) is 15.0 Å². The Hall–Kier alpha value is -4.01. The highest BCUT2D eigenvalue weighted by Crippen LogP contribution is 2.21. The zero-order chi connectivity index (χ0) is 21.0. The molecule has 3 aromatic rings. The summed E-state index contributed by atoms with van der Waals surface area (Å²) in [7, 11) is 2.40. The molecule has 0 bridgehead atoms. The second kappa shape index (κ2) is 8.34. The van der Waals surface area contributed by atoms with Gasteiger partial charge in [-0.15, -0.1) is 5.10 Å². The molecule has 0 amide bonds. The third-order valence-electron chi connectivity index (χ3n) is 3.92. The van der Waals surface area contributed by atoms with Gasteiger partial charge in [-0.05, 0) is 37.3 Å². The van der Waals surface area contributed by atoms with E-state index in [0.29, 0.717) is 11.4 Å². The first-order valence-electron chi connectivity index (χ1n) is 8.46. The quantitative estimate of drug-likeness (QED) is 0.478. The summed E-state index contributed by atoms with van der Waals surface area (Å²) in [5, 5.41) is 8.39. The van der Waals surface area contributed by atoms with Crippen molar-refractivity contribution >= 4 is 17.9 Å². The van der Waals surface area contributed by atoms with Crippen LogP contribution in [0, 0.1) is 6.92 Å². The summed E-state index contributed by atoms with van der Waals surface area (Å²) in [4.78, 5) is 37.6. The third kappa shape index (κ3) is 4.29. The van der Waals surface area contributed by atoms with Crippen molar-refractivity contribution in [2.75, 3.05) is 14.2 Å². The fourth-order valence-electron chi connectivity index (χ4n) is 2.53. The van der Waals surface area contributed by atoms with Gasteiger partial charge in [0.25, 0.3) is 0 Å². The molecule has 0 saturated carbocycles. The number of aryl methyl sites for hydroxylation is 1. The van der Waals surface area contributed by atoms with Crippen LogP contribution in [0.15, 0.2) is 48.5 Å². The van der Waals surface area contributed by atoms with Gasteiger partial charge < -0.3 is 14.2 Å². The zero-order valence-electron chi connectivity index (χ0n) is 15.9. The number of benzene rings is 2. The molecule has 9 heteroatoms. The van der Waals surface area contributed by atoms with Gasteiger partial charge in [0, 0.05) is 0 Å². The number of carbonyl (C=O) groups excluding carboxylic acids is 3. The Morgan fingerprint density at radius 1 is 0.828 bits per heavy atom. The minimum atomic E-state index is -0.789. The number of esters is 3. The molecule has 0 unspecified atom stereocenters. The normalized spacial score (nSPS) is 10.3. The van der Waals surface area contributed by atoms with Crippen molar-refractivity contribution in [3.8, 4) is 11.4 Å². The molecule has 0 fully saturated rings. The van der Waals surface area contributed by atoms with Crippen LogP contribution in [0.4, 0.5) is 0 Å². The number of para-hydroxylation sites is 1. The fourth-order valence-corrected chi connectivity index (χ4v) is 2.53. The summed E-state index contributed by atoms with van der Waals surface area (Å²) in [6.07, 6.45) is 0. The van der Waals surface area contributed by atoms with Crippen molar-refractivity contribution in [2.45, 2.75) is 6.92 Å². The average molecular weight is 395 g/mol. The lowest BCUT2D eigenvalue weighted by Crippen LogP contribution is -2.13. The third-order valence-corrected chi connectivity index (χ3v) is 3.92. The van der Waals surface area contributed by atoms with Crippen molar-refractivity contribution in [2.24, 2.45) is 0 Å².